The third-order valence-electron chi connectivity index (χ3n) is 8.57. The van der Waals surface area contributed by atoms with Gasteiger partial charge >= 0.3 is 0 Å². The first-order valence-corrected chi connectivity index (χ1v) is 9.74. The van der Waals surface area contributed by atoms with E-state index in [0.29, 0.717) is 17.1 Å². The number of carbonyl (C=O) groups excluding carboxylic acids is 1. The highest BCUT2D eigenvalue weighted by molar-refractivity contribution is 5.79. The van der Waals surface area contributed by atoms with Crippen molar-refractivity contribution < 1.29 is 9.90 Å². The van der Waals surface area contributed by atoms with Gasteiger partial charge in [0.15, 0.2) is 0 Å². The number of Topliss-reactive ketones (excluding diaryl/α,β-unsaturated/α-hetero) is 1. The molecule has 0 bridgehead atoms. The van der Waals surface area contributed by atoms with Crippen molar-refractivity contribution in [2.75, 3.05) is 0 Å². The summed E-state index contributed by atoms with van der Waals surface area (Å²) in [5.74, 6) is 3.00. The van der Waals surface area contributed by atoms with Crippen molar-refractivity contribution >= 4 is 5.78 Å². The molecule has 0 radical (unpaired) electrons. The number of allylic oxidation sites excluding steroid dienone is 1. The first-order valence-electron chi connectivity index (χ1n) is 9.74. The van der Waals surface area contributed by atoms with Crippen molar-refractivity contribution in [2.45, 2.75) is 78.2 Å². The zero-order valence-electron chi connectivity index (χ0n) is 15.0. The van der Waals surface area contributed by atoms with Gasteiger partial charge in [0.2, 0.25) is 0 Å². The number of fused-ring (bicyclic) bond motifs is 5. The highest BCUT2D eigenvalue weighted by atomic mass is 16.3. The van der Waals surface area contributed by atoms with Crippen LogP contribution in [-0.4, -0.2) is 17.0 Å². The number of carbonyl (C=O) groups is 1. The van der Waals surface area contributed by atoms with Crippen molar-refractivity contribution in [1.29, 1.82) is 0 Å². The SMILES string of the molecule is CC(=O)[C@H]1CCC2C3CC=C4C[C@@H](O)CCC4(C)C3CCC21C. The standard InChI is InChI=1S/C21H32O2/c1-13(22)17-6-7-18-16-5-4-14-12-15(23)8-10-20(14,2)19(16)9-11-21(17,18)3/h4,15-19,23H,5-12H2,1-3H3/t15-,16?,17+,18?,19?,20?,21?/m0/s1. The fraction of sp³-hybridized carbons (Fsp3) is 0.857. The second-order valence-electron chi connectivity index (χ2n) is 9.44. The summed E-state index contributed by atoms with van der Waals surface area (Å²) in [6, 6.07) is 0. The lowest BCUT2D eigenvalue weighted by atomic mass is 9.47. The molecule has 2 heteroatoms. The minimum atomic E-state index is -0.117. The van der Waals surface area contributed by atoms with Gasteiger partial charge < -0.3 is 5.11 Å². The van der Waals surface area contributed by atoms with E-state index in [4.69, 9.17) is 0 Å². The van der Waals surface area contributed by atoms with Gasteiger partial charge in [0.05, 0.1) is 6.10 Å². The number of ketones is 1. The van der Waals surface area contributed by atoms with E-state index in [-0.39, 0.29) is 11.5 Å². The summed E-state index contributed by atoms with van der Waals surface area (Å²) in [6.45, 7) is 6.70. The Bertz CT molecular complexity index is 550. The highest BCUT2D eigenvalue weighted by Crippen LogP contribution is 2.66. The number of hydrogen-bond acceptors (Lipinski definition) is 2. The third kappa shape index (κ3) is 2.13. The molecule has 7 atom stereocenters. The molecule has 2 nitrogen and oxygen atoms in total. The molecule has 0 amide bonds. The van der Waals surface area contributed by atoms with Crippen LogP contribution in [0.2, 0.25) is 0 Å². The Morgan fingerprint density at radius 2 is 1.91 bits per heavy atom. The van der Waals surface area contributed by atoms with Gasteiger partial charge in [0, 0.05) is 5.92 Å². The summed E-state index contributed by atoms with van der Waals surface area (Å²) in [6.07, 6.45) is 11.5. The van der Waals surface area contributed by atoms with Crippen molar-refractivity contribution in [3.8, 4) is 0 Å². The van der Waals surface area contributed by atoms with E-state index >= 15 is 0 Å². The molecule has 0 aromatic rings. The fourth-order valence-corrected chi connectivity index (χ4v) is 7.31. The molecule has 5 unspecified atom stereocenters. The second kappa shape index (κ2) is 5.18. The lowest BCUT2D eigenvalue weighted by Crippen LogP contribution is -2.50. The minimum Gasteiger partial charge on any atom is -0.393 e. The molecule has 4 aliphatic carbocycles. The van der Waals surface area contributed by atoms with Crippen molar-refractivity contribution in [3.05, 3.63) is 11.6 Å². The zero-order chi connectivity index (χ0) is 16.4. The van der Waals surface area contributed by atoms with Gasteiger partial charge in [0.1, 0.15) is 5.78 Å². The van der Waals surface area contributed by atoms with E-state index in [1.165, 1.54) is 25.7 Å². The van der Waals surface area contributed by atoms with Crippen molar-refractivity contribution in [3.63, 3.8) is 0 Å². The van der Waals surface area contributed by atoms with Crippen LogP contribution >= 0.6 is 0 Å². The van der Waals surface area contributed by atoms with Gasteiger partial charge in [-0.05, 0) is 86.9 Å². The van der Waals surface area contributed by atoms with Crippen LogP contribution < -0.4 is 0 Å². The summed E-state index contributed by atoms with van der Waals surface area (Å²) in [7, 11) is 0. The molecule has 1 N–H and O–H groups in total. The number of hydrogen-bond donors (Lipinski definition) is 1. The topological polar surface area (TPSA) is 37.3 Å². The maximum atomic E-state index is 12.2. The monoisotopic (exact) mass is 316 g/mol. The highest BCUT2D eigenvalue weighted by Gasteiger charge is 2.59. The van der Waals surface area contributed by atoms with Gasteiger partial charge in [-0.3, -0.25) is 4.79 Å². The first kappa shape index (κ1) is 15.9. The largest absolute Gasteiger partial charge is 0.393 e. The molecular formula is C21H32O2. The number of aliphatic hydroxyl groups excluding tert-OH is 1. The van der Waals surface area contributed by atoms with Crippen LogP contribution in [0.15, 0.2) is 11.6 Å². The van der Waals surface area contributed by atoms with Crippen LogP contribution in [0.5, 0.6) is 0 Å². The maximum absolute atomic E-state index is 12.2. The van der Waals surface area contributed by atoms with Crippen LogP contribution in [-0.2, 0) is 4.79 Å². The lowest BCUT2D eigenvalue weighted by molar-refractivity contribution is -0.127. The van der Waals surface area contributed by atoms with E-state index in [9.17, 15) is 9.90 Å². The van der Waals surface area contributed by atoms with E-state index in [1.807, 2.05) is 6.92 Å². The summed E-state index contributed by atoms with van der Waals surface area (Å²) in [5, 5.41) is 10.1. The molecule has 0 heterocycles. The quantitative estimate of drug-likeness (QED) is 0.722. The number of aliphatic hydroxyl groups is 1. The van der Waals surface area contributed by atoms with Gasteiger partial charge in [-0.25, -0.2) is 0 Å². The molecule has 4 rings (SSSR count). The summed E-state index contributed by atoms with van der Waals surface area (Å²) < 4.78 is 0. The molecule has 0 aromatic heterocycles. The molecular weight excluding hydrogens is 284 g/mol. The van der Waals surface area contributed by atoms with Crippen LogP contribution in [0.3, 0.4) is 0 Å². The summed E-state index contributed by atoms with van der Waals surface area (Å²) >= 11 is 0. The van der Waals surface area contributed by atoms with E-state index in [2.05, 4.69) is 19.9 Å². The van der Waals surface area contributed by atoms with Crippen LogP contribution in [0, 0.1) is 34.5 Å². The third-order valence-corrected chi connectivity index (χ3v) is 8.57. The fourth-order valence-electron chi connectivity index (χ4n) is 7.31. The average Bonchev–Trinajstić information content (AvgIpc) is 2.85. The van der Waals surface area contributed by atoms with E-state index in [1.54, 1.807) is 5.57 Å². The van der Waals surface area contributed by atoms with Gasteiger partial charge in [-0.1, -0.05) is 25.5 Å². The minimum absolute atomic E-state index is 0.117. The Kier molecular flexibility index (Phi) is 3.58. The number of rotatable bonds is 1. The Labute approximate surface area is 140 Å². The smallest absolute Gasteiger partial charge is 0.133 e. The molecule has 3 saturated carbocycles. The molecule has 0 saturated heterocycles. The van der Waals surface area contributed by atoms with Gasteiger partial charge in [-0.15, -0.1) is 0 Å². The Morgan fingerprint density at radius 3 is 2.65 bits per heavy atom. The maximum Gasteiger partial charge on any atom is 0.133 e. The van der Waals surface area contributed by atoms with Crippen LogP contribution in [0.25, 0.3) is 0 Å². The van der Waals surface area contributed by atoms with Crippen molar-refractivity contribution in [1.82, 2.24) is 0 Å². The molecule has 128 valence electrons. The Hall–Kier alpha value is -0.630. The molecule has 0 spiro atoms. The normalized spacial score (nSPS) is 52.2. The van der Waals surface area contributed by atoms with Gasteiger partial charge in [0.25, 0.3) is 0 Å². The molecule has 3 fully saturated rings. The molecule has 0 aromatic carbocycles. The Balaban J connectivity index is 1.66. The Morgan fingerprint density at radius 1 is 1.13 bits per heavy atom. The first-order chi connectivity index (χ1) is 10.9. The summed E-state index contributed by atoms with van der Waals surface area (Å²) in [4.78, 5) is 12.2. The van der Waals surface area contributed by atoms with Gasteiger partial charge in [-0.2, -0.15) is 0 Å². The van der Waals surface area contributed by atoms with Crippen LogP contribution in [0.4, 0.5) is 0 Å². The zero-order valence-corrected chi connectivity index (χ0v) is 15.0. The second-order valence-corrected chi connectivity index (χ2v) is 9.44. The molecule has 4 aliphatic rings. The van der Waals surface area contributed by atoms with Crippen LogP contribution in [0.1, 0.15) is 72.1 Å². The molecule has 23 heavy (non-hydrogen) atoms. The predicted octanol–water partition coefficient (Wildman–Crippen LogP) is 4.52. The predicted molar refractivity (Wildman–Crippen MR) is 91.9 cm³/mol. The summed E-state index contributed by atoms with van der Waals surface area (Å²) in [5.41, 5.74) is 2.11. The van der Waals surface area contributed by atoms with Crippen molar-refractivity contribution in [2.24, 2.45) is 34.5 Å². The van der Waals surface area contributed by atoms with E-state index < -0.39 is 0 Å². The van der Waals surface area contributed by atoms with E-state index in [0.717, 1.165) is 43.4 Å². The lowest BCUT2D eigenvalue weighted by Gasteiger charge is -2.57. The molecule has 0 aliphatic heterocycles. The average molecular weight is 316 g/mol.